The summed E-state index contributed by atoms with van der Waals surface area (Å²) in [5.41, 5.74) is 9.38. The summed E-state index contributed by atoms with van der Waals surface area (Å²) in [6.07, 6.45) is 2.94. The number of nitrogens with two attached hydrogens (primary N) is 1. The number of hydrogen-bond acceptors (Lipinski definition) is 2. The Hall–Kier alpha value is -2.04. The molecule has 1 saturated carbocycles. The topological polar surface area (TPSA) is 70.7 Å². The molecule has 1 heterocycles. The number of carbonyl (C=O) groups excluding carboxylic acids is 1. The molecule has 0 aromatic heterocycles. The molecule has 5 heteroatoms. The lowest BCUT2D eigenvalue weighted by Crippen LogP contribution is -2.28. The zero-order chi connectivity index (χ0) is 15.7. The Bertz CT molecular complexity index is 607. The number of rotatable bonds is 4. The van der Waals surface area contributed by atoms with Gasteiger partial charge in [-0.1, -0.05) is 6.07 Å². The van der Waals surface area contributed by atoms with Crippen LogP contribution in [0.5, 0.6) is 0 Å². The Labute approximate surface area is 131 Å². The maximum atomic E-state index is 11.9. The number of carbonyl (C=O) groups is 1. The molecule has 1 aliphatic carbocycles. The zero-order valence-corrected chi connectivity index (χ0v) is 13.3. The van der Waals surface area contributed by atoms with Crippen molar-refractivity contribution in [3.63, 3.8) is 0 Å². The number of likely N-dealkylation sites (tertiary alicyclic amines) is 1. The summed E-state index contributed by atoms with van der Waals surface area (Å²) in [6, 6.07) is 6.63. The first-order valence-electron chi connectivity index (χ1n) is 7.96. The van der Waals surface area contributed by atoms with Crippen molar-refractivity contribution in [1.29, 1.82) is 0 Å². The largest absolute Gasteiger partial charge is 0.370 e. The number of aliphatic imine (C=N–C) groups is 1. The normalized spacial score (nSPS) is 22.3. The lowest BCUT2D eigenvalue weighted by Gasteiger charge is -2.14. The maximum absolute atomic E-state index is 11.9. The lowest BCUT2D eigenvalue weighted by atomic mass is 10.1. The van der Waals surface area contributed by atoms with Gasteiger partial charge in [0.25, 0.3) is 0 Å². The van der Waals surface area contributed by atoms with Gasteiger partial charge in [0.2, 0.25) is 5.91 Å². The van der Waals surface area contributed by atoms with Crippen molar-refractivity contribution in [3.05, 3.63) is 29.3 Å². The van der Waals surface area contributed by atoms with Gasteiger partial charge in [0.1, 0.15) is 0 Å². The van der Waals surface area contributed by atoms with Crippen molar-refractivity contribution in [2.75, 3.05) is 18.4 Å². The van der Waals surface area contributed by atoms with E-state index in [1.54, 1.807) is 0 Å². The van der Waals surface area contributed by atoms with E-state index in [0.29, 0.717) is 30.9 Å². The number of nitrogens with zero attached hydrogens (tertiary/aromatic N) is 2. The van der Waals surface area contributed by atoms with Gasteiger partial charge >= 0.3 is 0 Å². The van der Waals surface area contributed by atoms with Gasteiger partial charge in [0.15, 0.2) is 5.96 Å². The van der Waals surface area contributed by atoms with Crippen molar-refractivity contribution < 1.29 is 4.79 Å². The molecule has 3 rings (SSSR count). The van der Waals surface area contributed by atoms with Crippen LogP contribution >= 0.6 is 0 Å². The van der Waals surface area contributed by atoms with E-state index < -0.39 is 0 Å². The lowest BCUT2D eigenvalue weighted by molar-refractivity contribution is -0.128. The average molecular weight is 300 g/mol. The van der Waals surface area contributed by atoms with Crippen molar-refractivity contribution >= 4 is 17.6 Å². The van der Waals surface area contributed by atoms with Crippen LogP contribution in [0.2, 0.25) is 0 Å². The SMILES string of the molecule is Cc1ccc(NC(N)=NCC2CC(=O)N(C3CC3)C2)cc1C. The maximum Gasteiger partial charge on any atom is 0.223 e. The fourth-order valence-corrected chi connectivity index (χ4v) is 2.90. The van der Waals surface area contributed by atoms with Gasteiger partial charge in [-0.05, 0) is 49.9 Å². The van der Waals surface area contributed by atoms with Crippen molar-refractivity contribution in [2.45, 2.75) is 39.2 Å². The Morgan fingerprint density at radius 1 is 1.36 bits per heavy atom. The molecule has 1 amide bonds. The first-order valence-corrected chi connectivity index (χ1v) is 7.96. The minimum atomic E-state index is 0.281. The third-order valence-electron chi connectivity index (χ3n) is 4.53. The molecule has 1 unspecified atom stereocenters. The van der Waals surface area contributed by atoms with Crippen LogP contribution in [0.25, 0.3) is 0 Å². The molecule has 22 heavy (non-hydrogen) atoms. The highest BCUT2D eigenvalue weighted by atomic mass is 16.2. The summed E-state index contributed by atoms with van der Waals surface area (Å²) in [6.45, 7) is 5.60. The summed E-state index contributed by atoms with van der Waals surface area (Å²) in [4.78, 5) is 18.3. The van der Waals surface area contributed by atoms with E-state index in [2.05, 4.69) is 36.3 Å². The minimum Gasteiger partial charge on any atom is -0.370 e. The van der Waals surface area contributed by atoms with E-state index in [1.165, 1.54) is 11.1 Å². The van der Waals surface area contributed by atoms with Crippen LogP contribution in [-0.2, 0) is 4.79 Å². The minimum absolute atomic E-state index is 0.281. The summed E-state index contributed by atoms with van der Waals surface area (Å²) in [5.74, 6) is 0.997. The molecule has 5 nitrogen and oxygen atoms in total. The van der Waals surface area contributed by atoms with Crippen molar-refractivity contribution in [2.24, 2.45) is 16.6 Å². The van der Waals surface area contributed by atoms with Gasteiger partial charge in [-0.25, -0.2) is 0 Å². The Morgan fingerprint density at radius 2 is 2.14 bits per heavy atom. The van der Waals surface area contributed by atoms with E-state index in [4.69, 9.17) is 5.73 Å². The number of hydrogen-bond donors (Lipinski definition) is 2. The van der Waals surface area contributed by atoms with Crippen LogP contribution in [0.1, 0.15) is 30.4 Å². The van der Waals surface area contributed by atoms with Crippen LogP contribution in [0.15, 0.2) is 23.2 Å². The monoisotopic (exact) mass is 300 g/mol. The van der Waals surface area contributed by atoms with Crippen molar-refractivity contribution in [1.82, 2.24) is 4.90 Å². The van der Waals surface area contributed by atoms with Gasteiger partial charge in [-0.2, -0.15) is 0 Å². The zero-order valence-electron chi connectivity index (χ0n) is 13.3. The molecule has 1 aromatic carbocycles. The first-order chi connectivity index (χ1) is 10.5. The van der Waals surface area contributed by atoms with Crippen LogP contribution in [0, 0.1) is 19.8 Å². The number of benzene rings is 1. The molecule has 0 spiro atoms. The molecule has 0 radical (unpaired) electrons. The number of amides is 1. The summed E-state index contributed by atoms with van der Waals surface area (Å²) < 4.78 is 0. The van der Waals surface area contributed by atoms with Crippen LogP contribution in [0.3, 0.4) is 0 Å². The predicted octanol–water partition coefficient (Wildman–Crippen LogP) is 2.04. The fraction of sp³-hybridized carbons (Fsp3) is 0.529. The second-order valence-corrected chi connectivity index (χ2v) is 6.50. The second kappa shape index (κ2) is 5.99. The van der Waals surface area contributed by atoms with Gasteiger partial charge in [0, 0.05) is 37.2 Å². The summed E-state index contributed by atoms with van der Waals surface area (Å²) >= 11 is 0. The van der Waals surface area contributed by atoms with E-state index in [0.717, 1.165) is 25.1 Å². The molecular weight excluding hydrogens is 276 g/mol. The Kier molecular flexibility index (Phi) is 4.05. The highest BCUT2D eigenvalue weighted by Gasteiger charge is 2.39. The van der Waals surface area contributed by atoms with E-state index >= 15 is 0 Å². The smallest absolute Gasteiger partial charge is 0.223 e. The predicted molar refractivity (Wildman–Crippen MR) is 88.9 cm³/mol. The third-order valence-corrected chi connectivity index (χ3v) is 4.53. The summed E-state index contributed by atoms with van der Waals surface area (Å²) in [5, 5.41) is 3.12. The number of nitrogens with one attached hydrogen (secondary N) is 1. The average Bonchev–Trinajstić information content (AvgIpc) is 3.24. The van der Waals surface area contributed by atoms with Gasteiger partial charge in [-0.15, -0.1) is 0 Å². The third kappa shape index (κ3) is 3.40. The number of aryl methyl sites for hydroxylation is 2. The van der Waals surface area contributed by atoms with Gasteiger partial charge in [0.05, 0.1) is 0 Å². The van der Waals surface area contributed by atoms with Crippen molar-refractivity contribution in [3.8, 4) is 0 Å². The molecule has 1 aromatic rings. The van der Waals surface area contributed by atoms with E-state index in [9.17, 15) is 4.79 Å². The van der Waals surface area contributed by atoms with Crippen LogP contribution in [-0.4, -0.2) is 35.9 Å². The fourth-order valence-electron chi connectivity index (χ4n) is 2.90. The Balaban J connectivity index is 1.53. The molecule has 3 N–H and O–H groups in total. The molecule has 1 saturated heterocycles. The van der Waals surface area contributed by atoms with Crippen LogP contribution in [0.4, 0.5) is 5.69 Å². The molecule has 2 aliphatic rings. The molecular formula is C17H24N4O. The van der Waals surface area contributed by atoms with Crippen LogP contribution < -0.4 is 11.1 Å². The van der Waals surface area contributed by atoms with E-state index in [1.807, 2.05) is 11.0 Å². The number of anilines is 1. The standard InChI is InChI=1S/C17H24N4O/c1-11-3-4-14(7-12(11)2)20-17(18)19-9-13-8-16(22)21(10-13)15-5-6-15/h3-4,7,13,15H,5-6,8-10H2,1-2H3,(H3,18,19,20). The molecule has 0 bridgehead atoms. The summed E-state index contributed by atoms with van der Waals surface area (Å²) in [7, 11) is 0. The molecule has 2 fully saturated rings. The Morgan fingerprint density at radius 3 is 2.82 bits per heavy atom. The highest BCUT2D eigenvalue weighted by molar-refractivity contribution is 5.92. The molecule has 1 aliphatic heterocycles. The number of guanidine groups is 1. The van der Waals surface area contributed by atoms with Gasteiger partial charge in [-0.3, -0.25) is 9.79 Å². The first kappa shape index (κ1) is 14.9. The second-order valence-electron chi connectivity index (χ2n) is 6.50. The molecule has 118 valence electrons. The van der Waals surface area contributed by atoms with Gasteiger partial charge < -0.3 is 16.0 Å². The molecule has 1 atom stereocenters. The highest BCUT2D eigenvalue weighted by Crippen LogP contribution is 2.32. The quantitative estimate of drug-likeness (QED) is 0.660. The van der Waals surface area contributed by atoms with E-state index in [-0.39, 0.29) is 5.91 Å².